The van der Waals surface area contributed by atoms with Gasteiger partial charge in [0.2, 0.25) is 0 Å². The molecule has 8 heteroatoms. The van der Waals surface area contributed by atoms with Gasteiger partial charge in [-0.05, 0) is 51.6 Å². The molecule has 0 bridgehead atoms. The highest BCUT2D eigenvalue weighted by atomic mass is 19.4. The van der Waals surface area contributed by atoms with Crippen molar-refractivity contribution >= 4 is 7.12 Å². The summed E-state index contributed by atoms with van der Waals surface area (Å²) in [6, 6.07) is 0.0289. The predicted molar refractivity (Wildman–Crippen MR) is 76.7 cm³/mol. The maximum absolute atomic E-state index is 12.5. The lowest BCUT2D eigenvalue weighted by Crippen LogP contribution is -2.40. The fourth-order valence-electron chi connectivity index (χ4n) is 2.71. The normalized spacial score (nSPS) is 19.7. The van der Waals surface area contributed by atoms with Crippen LogP contribution in [0, 0.1) is 5.92 Å². The molecule has 1 aliphatic heterocycles. The molecular weight excluding hydrogens is 284 g/mol. The fourth-order valence-corrected chi connectivity index (χ4v) is 2.71. The molecule has 21 heavy (non-hydrogen) atoms. The summed E-state index contributed by atoms with van der Waals surface area (Å²) in [4.78, 5) is 2.06. The van der Waals surface area contributed by atoms with E-state index in [2.05, 4.69) is 4.90 Å². The number of halogens is 3. The third-order valence-electron chi connectivity index (χ3n) is 4.15. The van der Waals surface area contributed by atoms with Crippen molar-refractivity contribution in [1.29, 1.82) is 0 Å². The molecule has 1 fully saturated rings. The van der Waals surface area contributed by atoms with Crippen molar-refractivity contribution in [3.63, 3.8) is 0 Å². The van der Waals surface area contributed by atoms with Gasteiger partial charge in [0.15, 0.2) is 0 Å². The highest BCUT2D eigenvalue weighted by Crippen LogP contribution is 2.34. The molecule has 0 spiro atoms. The van der Waals surface area contributed by atoms with Crippen LogP contribution in [0.3, 0.4) is 0 Å². The van der Waals surface area contributed by atoms with Crippen molar-refractivity contribution in [1.82, 2.24) is 4.90 Å². The lowest BCUT2D eigenvalue weighted by atomic mass is 9.83. The molecule has 4 nitrogen and oxygen atoms in total. The van der Waals surface area contributed by atoms with E-state index in [1.165, 1.54) is 0 Å². The van der Waals surface area contributed by atoms with Gasteiger partial charge in [-0.1, -0.05) is 12.8 Å². The molecule has 1 atom stereocenters. The van der Waals surface area contributed by atoms with Crippen molar-refractivity contribution in [3.05, 3.63) is 0 Å². The summed E-state index contributed by atoms with van der Waals surface area (Å²) in [5.41, 5.74) is 5.97. The third-order valence-corrected chi connectivity index (χ3v) is 4.15. The second kappa shape index (κ2) is 8.97. The zero-order valence-electron chi connectivity index (χ0n) is 12.4. The van der Waals surface area contributed by atoms with Crippen LogP contribution >= 0.6 is 0 Å². The number of rotatable bonds is 8. The Bertz CT molecular complexity index is 285. The molecule has 0 aliphatic carbocycles. The first-order valence-corrected chi connectivity index (χ1v) is 7.70. The Labute approximate surface area is 124 Å². The Morgan fingerprint density at radius 2 is 1.76 bits per heavy atom. The van der Waals surface area contributed by atoms with E-state index in [0.717, 1.165) is 32.2 Å². The van der Waals surface area contributed by atoms with Crippen molar-refractivity contribution in [3.8, 4) is 0 Å². The van der Waals surface area contributed by atoms with Gasteiger partial charge in [-0.25, -0.2) is 0 Å². The van der Waals surface area contributed by atoms with Crippen LogP contribution in [0.1, 0.15) is 38.5 Å². The maximum atomic E-state index is 12.5. The summed E-state index contributed by atoms with van der Waals surface area (Å²) in [7, 11) is -1.25. The maximum Gasteiger partial charge on any atom is 0.451 e. The number of hydrogen-bond donors (Lipinski definition) is 3. The summed E-state index contributed by atoms with van der Waals surface area (Å²) in [6.45, 7) is 1.73. The van der Waals surface area contributed by atoms with Crippen molar-refractivity contribution in [2.24, 2.45) is 11.7 Å². The van der Waals surface area contributed by atoms with Crippen LogP contribution in [-0.4, -0.2) is 53.9 Å². The lowest BCUT2D eigenvalue weighted by molar-refractivity contribution is -0.185. The molecule has 1 aliphatic rings. The van der Waals surface area contributed by atoms with Gasteiger partial charge in [0.1, 0.15) is 0 Å². The van der Waals surface area contributed by atoms with Gasteiger partial charge in [0, 0.05) is 6.04 Å². The first-order valence-electron chi connectivity index (χ1n) is 7.70. The van der Waals surface area contributed by atoms with Gasteiger partial charge < -0.3 is 20.7 Å². The molecule has 1 saturated heterocycles. The summed E-state index contributed by atoms with van der Waals surface area (Å²) in [6.07, 6.45) is -0.168. The number of piperidine rings is 1. The minimum atomic E-state index is -4.06. The monoisotopic (exact) mass is 310 g/mol. The van der Waals surface area contributed by atoms with Gasteiger partial charge in [0.25, 0.3) is 0 Å². The topological polar surface area (TPSA) is 69.7 Å². The van der Waals surface area contributed by atoms with Crippen molar-refractivity contribution in [2.75, 3.05) is 19.6 Å². The van der Waals surface area contributed by atoms with Gasteiger partial charge in [-0.15, -0.1) is 0 Å². The molecule has 0 saturated carbocycles. The van der Waals surface area contributed by atoms with Gasteiger partial charge in [-0.2, -0.15) is 13.2 Å². The number of likely N-dealkylation sites (tertiary alicyclic amines) is 1. The number of nitrogens with two attached hydrogens (primary N) is 1. The minimum Gasteiger partial charge on any atom is -0.427 e. The van der Waals surface area contributed by atoms with E-state index in [4.69, 9.17) is 15.8 Å². The SMILES string of the molecule is NC(CCCCB(O)O)CCN1CCC(C(F)(F)F)CC1. The molecule has 1 unspecified atom stereocenters. The van der Waals surface area contributed by atoms with Gasteiger partial charge in [0.05, 0.1) is 5.92 Å². The average molecular weight is 310 g/mol. The summed E-state index contributed by atoms with van der Waals surface area (Å²) in [5.74, 6) is -1.15. The van der Waals surface area contributed by atoms with E-state index in [-0.39, 0.29) is 18.9 Å². The van der Waals surface area contributed by atoms with E-state index in [1.54, 1.807) is 0 Å². The fraction of sp³-hybridized carbons (Fsp3) is 1.00. The van der Waals surface area contributed by atoms with Crippen LogP contribution in [0.15, 0.2) is 0 Å². The molecule has 0 aromatic carbocycles. The van der Waals surface area contributed by atoms with Crippen LogP contribution in [-0.2, 0) is 0 Å². The first-order chi connectivity index (χ1) is 9.79. The minimum absolute atomic E-state index is 0.0289. The van der Waals surface area contributed by atoms with Crippen LogP contribution in [0.25, 0.3) is 0 Å². The average Bonchev–Trinajstić information content (AvgIpc) is 2.40. The van der Waals surface area contributed by atoms with Crippen LogP contribution in [0.2, 0.25) is 6.32 Å². The summed E-state index contributed by atoms with van der Waals surface area (Å²) in [5, 5.41) is 17.4. The number of alkyl halides is 3. The van der Waals surface area contributed by atoms with Crippen molar-refractivity contribution < 1.29 is 23.2 Å². The zero-order valence-corrected chi connectivity index (χ0v) is 12.4. The molecule has 1 heterocycles. The molecule has 0 amide bonds. The molecule has 0 aromatic rings. The largest absolute Gasteiger partial charge is 0.451 e. The van der Waals surface area contributed by atoms with Crippen molar-refractivity contribution in [2.45, 2.75) is 57.1 Å². The van der Waals surface area contributed by atoms with E-state index < -0.39 is 19.2 Å². The molecule has 0 radical (unpaired) electrons. The van der Waals surface area contributed by atoms with Crippen LogP contribution in [0.4, 0.5) is 13.2 Å². The Balaban J connectivity index is 2.08. The molecular formula is C13H26BF3N2O2. The van der Waals surface area contributed by atoms with Gasteiger partial charge >= 0.3 is 13.3 Å². The van der Waals surface area contributed by atoms with E-state index in [1.807, 2.05) is 0 Å². The Morgan fingerprint density at radius 3 is 2.29 bits per heavy atom. The van der Waals surface area contributed by atoms with E-state index >= 15 is 0 Å². The Kier molecular flexibility index (Phi) is 8.01. The standard InChI is InChI=1S/C13H26BF3N2O2/c15-13(16,17)11-4-8-19(9-5-11)10-6-12(18)3-1-2-7-14(20)21/h11-12,20-21H,1-10,18H2. The lowest BCUT2D eigenvalue weighted by Gasteiger charge is -2.33. The van der Waals surface area contributed by atoms with Crippen LogP contribution in [0.5, 0.6) is 0 Å². The molecule has 124 valence electrons. The highest BCUT2D eigenvalue weighted by Gasteiger charge is 2.40. The number of unbranched alkanes of at least 4 members (excludes halogenated alkanes) is 1. The van der Waals surface area contributed by atoms with E-state index in [9.17, 15) is 13.2 Å². The summed E-state index contributed by atoms with van der Waals surface area (Å²) < 4.78 is 37.6. The Morgan fingerprint density at radius 1 is 1.14 bits per heavy atom. The third kappa shape index (κ3) is 8.04. The first kappa shape index (κ1) is 18.7. The quantitative estimate of drug-likeness (QED) is 0.471. The van der Waals surface area contributed by atoms with Gasteiger partial charge in [-0.3, -0.25) is 0 Å². The second-order valence-electron chi connectivity index (χ2n) is 5.97. The van der Waals surface area contributed by atoms with Crippen LogP contribution < -0.4 is 5.73 Å². The molecule has 4 N–H and O–H groups in total. The summed E-state index contributed by atoms with van der Waals surface area (Å²) >= 11 is 0. The predicted octanol–water partition coefficient (Wildman–Crippen LogP) is 1.62. The highest BCUT2D eigenvalue weighted by molar-refractivity contribution is 6.40. The molecule has 0 aromatic heterocycles. The smallest absolute Gasteiger partial charge is 0.427 e. The van der Waals surface area contributed by atoms with E-state index in [0.29, 0.717) is 19.4 Å². The molecule has 1 rings (SSSR count). The zero-order chi connectivity index (χ0) is 15.9. The number of nitrogens with zero attached hydrogens (tertiary/aromatic N) is 1. The Hall–Kier alpha value is -0.305. The second-order valence-corrected chi connectivity index (χ2v) is 5.97. The number of hydrogen-bond acceptors (Lipinski definition) is 4.